The largest absolute Gasteiger partial charge is 0.346 e. The second kappa shape index (κ2) is 8.24. The van der Waals surface area contributed by atoms with Crippen molar-refractivity contribution < 1.29 is 9.59 Å². The molecule has 5 nitrogen and oxygen atoms in total. The van der Waals surface area contributed by atoms with Gasteiger partial charge in [-0.05, 0) is 43.7 Å². The third kappa shape index (κ3) is 5.11. The molecule has 1 fully saturated rings. The Bertz CT molecular complexity index is 461. The number of carbonyl (C=O) groups is 2. The summed E-state index contributed by atoms with van der Waals surface area (Å²) in [7, 11) is 0. The van der Waals surface area contributed by atoms with E-state index in [2.05, 4.69) is 31.9 Å². The van der Waals surface area contributed by atoms with Gasteiger partial charge >= 0.3 is 0 Å². The van der Waals surface area contributed by atoms with Crippen LogP contribution in [0.3, 0.4) is 0 Å². The van der Waals surface area contributed by atoms with Crippen molar-refractivity contribution in [1.29, 1.82) is 0 Å². The molecule has 3 N–H and O–H groups in total. The summed E-state index contributed by atoms with van der Waals surface area (Å²) in [4.78, 5) is 23.3. The number of anilines is 1. The van der Waals surface area contributed by atoms with Crippen molar-refractivity contribution >= 4 is 45.8 Å². The quantitative estimate of drug-likeness (QED) is 0.763. The number of carbonyl (C=O) groups excluding carboxylic acids is 2. The van der Waals surface area contributed by atoms with E-state index in [9.17, 15) is 9.59 Å². The zero-order chi connectivity index (χ0) is 13.7. The lowest BCUT2D eigenvalue weighted by atomic mass is 10.2. The number of hydrogen-bond donors (Lipinski definition) is 3. The normalized spacial score (nSPS) is 17.1. The fourth-order valence-corrected chi connectivity index (χ4v) is 2.20. The smallest absolute Gasteiger partial charge is 0.243 e. The molecule has 1 heterocycles. The number of rotatable bonds is 4. The highest BCUT2D eigenvalue weighted by molar-refractivity contribution is 9.10. The summed E-state index contributed by atoms with van der Waals surface area (Å²) < 4.78 is 0.950. The van der Waals surface area contributed by atoms with Crippen molar-refractivity contribution in [2.45, 2.75) is 18.9 Å². The van der Waals surface area contributed by atoms with Crippen molar-refractivity contribution in [2.75, 3.05) is 18.4 Å². The van der Waals surface area contributed by atoms with Gasteiger partial charge in [-0.1, -0.05) is 15.9 Å². The minimum Gasteiger partial charge on any atom is -0.346 e. The molecular formula is C13H17BrClN3O2. The van der Waals surface area contributed by atoms with Crippen LogP contribution in [0, 0.1) is 0 Å². The number of nitrogens with one attached hydrogen (secondary N) is 3. The number of hydrogen-bond acceptors (Lipinski definition) is 3. The first-order valence-corrected chi connectivity index (χ1v) is 7.01. The van der Waals surface area contributed by atoms with E-state index in [-0.39, 0.29) is 36.8 Å². The molecule has 0 radical (unpaired) electrons. The van der Waals surface area contributed by atoms with Crippen LogP contribution in [0.4, 0.5) is 5.69 Å². The fraction of sp³-hybridized carbons (Fsp3) is 0.385. The molecular weight excluding hydrogens is 346 g/mol. The first-order valence-electron chi connectivity index (χ1n) is 6.21. The molecule has 1 aromatic rings. The van der Waals surface area contributed by atoms with Crippen LogP contribution in [-0.2, 0) is 9.59 Å². The molecule has 7 heteroatoms. The summed E-state index contributed by atoms with van der Waals surface area (Å²) in [6.45, 7) is 0.857. The molecule has 20 heavy (non-hydrogen) atoms. The monoisotopic (exact) mass is 361 g/mol. The second-order valence-electron chi connectivity index (χ2n) is 4.42. The van der Waals surface area contributed by atoms with Crippen molar-refractivity contribution in [3.8, 4) is 0 Å². The molecule has 2 rings (SSSR count). The lowest BCUT2D eigenvalue weighted by Gasteiger charge is -2.11. The molecule has 1 atom stereocenters. The van der Waals surface area contributed by atoms with Gasteiger partial charge in [0.05, 0.1) is 12.6 Å². The van der Waals surface area contributed by atoms with Gasteiger partial charge in [0.25, 0.3) is 0 Å². The Morgan fingerprint density at radius 1 is 1.30 bits per heavy atom. The van der Waals surface area contributed by atoms with Crippen molar-refractivity contribution in [3.05, 3.63) is 28.7 Å². The molecule has 1 aromatic carbocycles. The van der Waals surface area contributed by atoms with E-state index in [1.165, 1.54) is 0 Å². The van der Waals surface area contributed by atoms with Gasteiger partial charge in [-0.25, -0.2) is 0 Å². The van der Waals surface area contributed by atoms with Gasteiger partial charge in [-0.3, -0.25) is 9.59 Å². The molecule has 1 saturated heterocycles. The second-order valence-corrected chi connectivity index (χ2v) is 5.34. The average molecular weight is 363 g/mol. The van der Waals surface area contributed by atoms with Gasteiger partial charge in [0.15, 0.2) is 0 Å². The summed E-state index contributed by atoms with van der Waals surface area (Å²) in [5.41, 5.74) is 0.710. The van der Waals surface area contributed by atoms with Gasteiger partial charge in [-0.15, -0.1) is 12.4 Å². The first kappa shape index (κ1) is 16.9. The van der Waals surface area contributed by atoms with Gasteiger partial charge in [0, 0.05) is 10.2 Å². The SMILES string of the molecule is Cl.O=C(CNC(=O)C1CCCN1)Nc1ccc(Br)cc1. The molecule has 110 valence electrons. The number of amides is 2. The average Bonchev–Trinajstić information content (AvgIpc) is 2.93. The Labute approximate surface area is 132 Å². The van der Waals surface area contributed by atoms with Crippen LogP contribution < -0.4 is 16.0 Å². The zero-order valence-corrected chi connectivity index (χ0v) is 13.2. The Morgan fingerprint density at radius 3 is 2.60 bits per heavy atom. The van der Waals surface area contributed by atoms with Gasteiger partial charge in [0.1, 0.15) is 0 Å². The third-order valence-electron chi connectivity index (χ3n) is 2.93. The van der Waals surface area contributed by atoms with Crippen LogP contribution in [0.1, 0.15) is 12.8 Å². The summed E-state index contributed by atoms with van der Waals surface area (Å²) in [6.07, 6.45) is 1.84. The molecule has 0 saturated carbocycles. The van der Waals surface area contributed by atoms with Crippen molar-refractivity contribution in [2.24, 2.45) is 0 Å². The molecule has 0 bridgehead atoms. The molecule has 0 spiro atoms. The van der Waals surface area contributed by atoms with E-state index in [1.807, 2.05) is 12.1 Å². The molecule has 1 aliphatic heterocycles. The summed E-state index contributed by atoms with van der Waals surface area (Å²) in [5.74, 6) is -0.336. The molecule has 2 amide bonds. The Morgan fingerprint density at radius 2 is 2.00 bits per heavy atom. The van der Waals surface area contributed by atoms with Crippen LogP contribution in [0.15, 0.2) is 28.7 Å². The van der Waals surface area contributed by atoms with E-state index < -0.39 is 0 Å². The van der Waals surface area contributed by atoms with E-state index in [1.54, 1.807) is 12.1 Å². The maximum absolute atomic E-state index is 11.7. The summed E-state index contributed by atoms with van der Waals surface area (Å²) in [5, 5.41) is 8.44. The van der Waals surface area contributed by atoms with Gasteiger partial charge in [0.2, 0.25) is 11.8 Å². The third-order valence-corrected chi connectivity index (χ3v) is 3.46. The number of halogens is 2. The number of benzene rings is 1. The van der Waals surface area contributed by atoms with Gasteiger partial charge in [-0.2, -0.15) is 0 Å². The predicted octanol–water partition coefficient (Wildman–Crippen LogP) is 1.68. The van der Waals surface area contributed by atoms with E-state index in [0.29, 0.717) is 5.69 Å². The van der Waals surface area contributed by atoms with Gasteiger partial charge < -0.3 is 16.0 Å². The van der Waals surface area contributed by atoms with Crippen LogP contribution in [0.2, 0.25) is 0 Å². The summed E-state index contributed by atoms with van der Waals surface area (Å²) in [6, 6.07) is 7.12. The standard InChI is InChI=1S/C13H16BrN3O2.ClH/c14-9-3-5-10(6-4-9)17-12(18)8-16-13(19)11-2-1-7-15-11;/h3-6,11,15H,1-2,7-8H2,(H,16,19)(H,17,18);1H. The fourth-order valence-electron chi connectivity index (χ4n) is 1.94. The topological polar surface area (TPSA) is 70.2 Å². The zero-order valence-electron chi connectivity index (χ0n) is 10.8. The van der Waals surface area contributed by atoms with Crippen LogP contribution in [-0.4, -0.2) is 30.9 Å². The Hall–Kier alpha value is -1.11. The maximum Gasteiger partial charge on any atom is 0.243 e. The van der Waals surface area contributed by atoms with E-state index >= 15 is 0 Å². The molecule has 1 unspecified atom stereocenters. The first-order chi connectivity index (χ1) is 9.15. The van der Waals surface area contributed by atoms with Crippen molar-refractivity contribution in [3.63, 3.8) is 0 Å². The molecule has 1 aliphatic rings. The predicted molar refractivity (Wildman–Crippen MR) is 84.1 cm³/mol. The van der Waals surface area contributed by atoms with Crippen LogP contribution in [0.25, 0.3) is 0 Å². The molecule has 0 aromatic heterocycles. The Balaban J connectivity index is 0.00000200. The summed E-state index contributed by atoms with van der Waals surface area (Å²) >= 11 is 3.32. The van der Waals surface area contributed by atoms with E-state index in [0.717, 1.165) is 23.9 Å². The maximum atomic E-state index is 11.7. The van der Waals surface area contributed by atoms with Crippen LogP contribution in [0.5, 0.6) is 0 Å². The molecule has 0 aliphatic carbocycles. The Kier molecular flexibility index (Phi) is 6.98. The van der Waals surface area contributed by atoms with Crippen molar-refractivity contribution in [1.82, 2.24) is 10.6 Å². The minimum atomic E-state index is -0.228. The highest BCUT2D eigenvalue weighted by Gasteiger charge is 2.21. The minimum absolute atomic E-state index is 0. The highest BCUT2D eigenvalue weighted by Crippen LogP contribution is 2.13. The highest BCUT2D eigenvalue weighted by atomic mass is 79.9. The van der Waals surface area contributed by atoms with Crippen LogP contribution >= 0.6 is 28.3 Å². The lowest BCUT2D eigenvalue weighted by molar-refractivity contribution is -0.125. The lowest BCUT2D eigenvalue weighted by Crippen LogP contribution is -2.43. The van der Waals surface area contributed by atoms with E-state index in [4.69, 9.17) is 0 Å².